The van der Waals surface area contributed by atoms with Crippen molar-refractivity contribution < 1.29 is 4.92 Å². The molecule has 0 spiro atoms. The number of aromatic nitrogens is 1. The summed E-state index contributed by atoms with van der Waals surface area (Å²) in [7, 11) is 0. The van der Waals surface area contributed by atoms with Crippen LogP contribution in [0.15, 0.2) is 23.0 Å². The molecule has 0 saturated carbocycles. The molecule has 0 aliphatic carbocycles. The number of non-ortho nitro benzene ring substituents is 1. The molecule has 108 valence electrons. The molecule has 22 heavy (non-hydrogen) atoms. The number of H-pyrrole nitrogens is 1. The van der Waals surface area contributed by atoms with Crippen molar-refractivity contribution in [3.8, 4) is 23.3 Å². The Labute approximate surface area is 137 Å². The average Bonchev–Trinajstić information content (AvgIpc) is 2.45. The van der Waals surface area contributed by atoms with Crippen LogP contribution in [0, 0.1) is 36.3 Å². The second-order valence-corrected chi connectivity index (χ2v) is 5.42. The number of halogens is 1. The van der Waals surface area contributed by atoms with Crippen LogP contribution in [0.3, 0.4) is 0 Å². The number of nitro benzene ring substituents is 1. The molecule has 1 aromatic heterocycles. The van der Waals surface area contributed by atoms with E-state index in [1.807, 2.05) is 28.7 Å². The fourth-order valence-electron chi connectivity index (χ4n) is 1.96. The lowest BCUT2D eigenvalue weighted by atomic mass is 9.96. The summed E-state index contributed by atoms with van der Waals surface area (Å²) >= 11 is 1.87. The molecule has 3 N–H and O–H groups in total. The number of pyridine rings is 1. The van der Waals surface area contributed by atoms with E-state index in [0.29, 0.717) is 3.57 Å². The van der Waals surface area contributed by atoms with Gasteiger partial charge in [-0.2, -0.15) is 10.5 Å². The molecule has 0 bridgehead atoms. The normalized spacial score (nSPS) is 9.77. The second kappa shape index (κ2) is 5.83. The van der Waals surface area contributed by atoms with Gasteiger partial charge in [0.1, 0.15) is 29.1 Å². The van der Waals surface area contributed by atoms with Gasteiger partial charge in [0.25, 0.3) is 11.2 Å². The van der Waals surface area contributed by atoms with E-state index >= 15 is 0 Å². The Kier molecular flexibility index (Phi) is 4.10. The van der Waals surface area contributed by atoms with E-state index < -0.39 is 10.5 Å². The molecule has 0 unspecified atom stereocenters. The summed E-state index contributed by atoms with van der Waals surface area (Å²) in [5, 5.41) is 29.3. The largest absolute Gasteiger partial charge is 0.384 e. The second-order valence-electron chi connectivity index (χ2n) is 4.17. The summed E-state index contributed by atoms with van der Waals surface area (Å²) in [5.74, 6) is -0.192. The van der Waals surface area contributed by atoms with Crippen LogP contribution in [0.5, 0.6) is 0 Å². The zero-order chi connectivity index (χ0) is 16.4. The number of nitrogen functional groups attached to an aromatic ring is 1. The third kappa shape index (κ3) is 2.62. The number of nitrogens with two attached hydrogens (primary N) is 1. The van der Waals surface area contributed by atoms with Crippen molar-refractivity contribution in [2.75, 3.05) is 5.73 Å². The highest BCUT2D eigenvalue weighted by molar-refractivity contribution is 14.1. The summed E-state index contributed by atoms with van der Waals surface area (Å²) in [4.78, 5) is 24.4. The summed E-state index contributed by atoms with van der Waals surface area (Å²) in [6, 6.07) is 7.58. The summed E-state index contributed by atoms with van der Waals surface area (Å²) in [5.41, 5.74) is 4.42. The van der Waals surface area contributed by atoms with Gasteiger partial charge < -0.3 is 10.7 Å². The molecular weight excluding hydrogens is 401 g/mol. The van der Waals surface area contributed by atoms with Crippen LogP contribution < -0.4 is 11.3 Å². The quantitative estimate of drug-likeness (QED) is 0.441. The number of nitrogens with one attached hydrogen (secondary N) is 1. The fraction of sp³-hybridized carbons (Fsp3) is 0. The first kappa shape index (κ1) is 15.5. The number of nitro groups is 1. The fourth-order valence-corrected chi connectivity index (χ4v) is 2.61. The van der Waals surface area contributed by atoms with Crippen LogP contribution in [-0.4, -0.2) is 9.91 Å². The highest BCUT2D eigenvalue weighted by Crippen LogP contribution is 2.32. The predicted molar refractivity (Wildman–Crippen MR) is 85.7 cm³/mol. The maximum Gasteiger partial charge on any atom is 0.271 e. The van der Waals surface area contributed by atoms with Gasteiger partial charge in [-0.1, -0.05) is 0 Å². The van der Waals surface area contributed by atoms with Crippen molar-refractivity contribution in [1.82, 2.24) is 4.98 Å². The minimum absolute atomic E-state index is 0.00661. The maximum absolute atomic E-state index is 11.8. The number of rotatable bonds is 2. The van der Waals surface area contributed by atoms with Gasteiger partial charge in [0, 0.05) is 21.3 Å². The third-order valence-electron chi connectivity index (χ3n) is 2.85. The average molecular weight is 407 g/mol. The van der Waals surface area contributed by atoms with Crippen molar-refractivity contribution in [2.24, 2.45) is 0 Å². The molecule has 2 aromatic rings. The van der Waals surface area contributed by atoms with Crippen molar-refractivity contribution in [3.05, 3.63) is 53.4 Å². The first-order valence-electron chi connectivity index (χ1n) is 5.70. The zero-order valence-electron chi connectivity index (χ0n) is 10.8. The van der Waals surface area contributed by atoms with Gasteiger partial charge in [-0.05, 0) is 34.2 Å². The number of benzene rings is 1. The van der Waals surface area contributed by atoms with Crippen LogP contribution in [0.2, 0.25) is 0 Å². The maximum atomic E-state index is 11.8. The van der Waals surface area contributed by atoms with Gasteiger partial charge in [0.05, 0.1) is 4.92 Å². The van der Waals surface area contributed by atoms with E-state index in [4.69, 9.17) is 11.0 Å². The number of nitriles is 2. The van der Waals surface area contributed by atoms with Gasteiger partial charge >= 0.3 is 0 Å². The lowest BCUT2D eigenvalue weighted by Gasteiger charge is -2.09. The third-order valence-corrected chi connectivity index (χ3v) is 3.47. The lowest BCUT2D eigenvalue weighted by molar-refractivity contribution is -0.384. The van der Waals surface area contributed by atoms with Crippen molar-refractivity contribution >= 4 is 34.1 Å². The van der Waals surface area contributed by atoms with Crippen LogP contribution in [0.4, 0.5) is 11.5 Å². The lowest BCUT2D eigenvalue weighted by Crippen LogP contribution is -2.16. The Hall–Kier alpha value is -2.92. The van der Waals surface area contributed by atoms with E-state index in [2.05, 4.69) is 4.98 Å². The Morgan fingerprint density at radius 1 is 1.23 bits per heavy atom. The zero-order valence-corrected chi connectivity index (χ0v) is 12.9. The number of hydrogen-bond donors (Lipinski definition) is 2. The Balaban J connectivity index is 2.95. The minimum atomic E-state index is -0.754. The highest BCUT2D eigenvalue weighted by Gasteiger charge is 2.20. The molecule has 8 nitrogen and oxygen atoms in total. The standard InChI is InChI=1S/C13H6IN5O3/c14-7-1-6(2-8(3-7)19(21)22)11-9(4-15)12(17)18-13(20)10(11)5-16/h1-3H,(H3,17,18,20). The van der Waals surface area contributed by atoms with E-state index in [9.17, 15) is 20.2 Å². The molecule has 0 aliphatic heterocycles. The Morgan fingerprint density at radius 3 is 2.41 bits per heavy atom. The van der Waals surface area contributed by atoms with Crippen LogP contribution in [0.25, 0.3) is 11.1 Å². The Morgan fingerprint density at radius 2 is 1.86 bits per heavy atom. The van der Waals surface area contributed by atoms with Crippen molar-refractivity contribution in [2.45, 2.75) is 0 Å². The molecule has 0 aliphatic rings. The van der Waals surface area contributed by atoms with Gasteiger partial charge in [0.15, 0.2) is 0 Å². The number of anilines is 1. The van der Waals surface area contributed by atoms with E-state index in [-0.39, 0.29) is 33.8 Å². The highest BCUT2D eigenvalue weighted by atomic mass is 127. The summed E-state index contributed by atoms with van der Waals surface area (Å²) < 4.78 is 0.522. The van der Waals surface area contributed by atoms with Gasteiger partial charge in [-0.15, -0.1) is 0 Å². The minimum Gasteiger partial charge on any atom is -0.384 e. The van der Waals surface area contributed by atoms with Gasteiger partial charge in [0.2, 0.25) is 0 Å². The molecule has 0 fully saturated rings. The number of nitrogens with zero attached hydrogens (tertiary/aromatic N) is 3. The van der Waals surface area contributed by atoms with Crippen LogP contribution in [-0.2, 0) is 0 Å². The number of aromatic amines is 1. The predicted octanol–water partition coefficient (Wildman–Crippen LogP) is 1.88. The molecule has 0 amide bonds. The van der Waals surface area contributed by atoms with Crippen LogP contribution >= 0.6 is 22.6 Å². The first-order chi connectivity index (χ1) is 10.4. The van der Waals surface area contributed by atoms with Gasteiger partial charge in [-0.25, -0.2) is 0 Å². The topological polar surface area (TPSA) is 150 Å². The molecule has 2 rings (SSSR count). The molecule has 0 saturated heterocycles. The van der Waals surface area contributed by atoms with Crippen molar-refractivity contribution in [3.63, 3.8) is 0 Å². The summed E-state index contributed by atoms with van der Waals surface area (Å²) in [6.07, 6.45) is 0. The molecule has 0 atom stereocenters. The number of hydrogen-bond acceptors (Lipinski definition) is 6. The molecule has 9 heteroatoms. The van der Waals surface area contributed by atoms with E-state index in [0.717, 1.165) is 0 Å². The molecule has 1 aromatic carbocycles. The summed E-state index contributed by atoms with van der Waals surface area (Å²) in [6.45, 7) is 0. The van der Waals surface area contributed by atoms with Crippen LogP contribution in [0.1, 0.15) is 11.1 Å². The van der Waals surface area contributed by atoms with Crippen molar-refractivity contribution in [1.29, 1.82) is 10.5 Å². The Bertz CT molecular complexity index is 936. The molecule has 0 radical (unpaired) electrons. The first-order valence-corrected chi connectivity index (χ1v) is 6.78. The smallest absolute Gasteiger partial charge is 0.271 e. The monoisotopic (exact) mass is 407 g/mol. The SMILES string of the molecule is N#Cc1c(N)[nH]c(=O)c(C#N)c1-c1cc(I)cc([N+](=O)[O-])c1. The van der Waals surface area contributed by atoms with E-state index in [1.165, 1.54) is 18.2 Å². The van der Waals surface area contributed by atoms with E-state index in [1.54, 1.807) is 6.07 Å². The molecular formula is C13H6IN5O3. The molecule has 1 heterocycles. The van der Waals surface area contributed by atoms with Gasteiger partial charge in [-0.3, -0.25) is 14.9 Å².